The lowest BCUT2D eigenvalue weighted by Crippen LogP contribution is -2.02. The van der Waals surface area contributed by atoms with Crippen LogP contribution in [-0.4, -0.2) is 20.3 Å². The van der Waals surface area contributed by atoms with Gasteiger partial charge in [-0.1, -0.05) is 29.8 Å². The molecule has 0 fully saturated rings. The highest BCUT2D eigenvalue weighted by Crippen LogP contribution is 2.18. The van der Waals surface area contributed by atoms with Crippen LogP contribution in [-0.2, 0) is 0 Å². The van der Waals surface area contributed by atoms with E-state index in [0.717, 1.165) is 11.1 Å². The molecule has 0 aliphatic rings. The third kappa shape index (κ3) is 1.65. The monoisotopic (exact) mass is 189 g/mol. The molecule has 1 atom stereocenters. The van der Waals surface area contributed by atoms with Crippen molar-refractivity contribution in [3.63, 3.8) is 0 Å². The molecule has 72 valence electrons. The van der Waals surface area contributed by atoms with Gasteiger partial charge < -0.3 is 5.11 Å². The van der Waals surface area contributed by atoms with Crippen molar-refractivity contribution in [1.29, 1.82) is 0 Å². The number of nitrogens with one attached hydrogen (secondary N) is 1. The van der Waals surface area contributed by atoms with Gasteiger partial charge in [0.15, 0.2) is 5.82 Å². The van der Waals surface area contributed by atoms with Gasteiger partial charge in [-0.25, -0.2) is 4.98 Å². The van der Waals surface area contributed by atoms with E-state index in [9.17, 15) is 5.11 Å². The number of benzene rings is 1. The largest absolute Gasteiger partial charge is 0.380 e. The maximum Gasteiger partial charge on any atom is 0.157 e. The molecule has 0 saturated carbocycles. The van der Waals surface area contributed by atoms with Gasteiger partial charge in [0, 0.05) is 0 Å². The summed E-state index contributed by atoms with van der Waals surface area (Å²) in [5.41, 5.74) is 1.93. The lowest BCUT2D eigenvalue weighted by molar-refractivity contribution is 0.210. The number of hydrogen-bond donors (Lipinski definition) is 2. The molecule has 1 heterocycles. The van der Waals surface area contributed by atoms with Crippen LogP contribution in [0.1, 0.15) is 23.1 Å². The van der Waals surface area contributed by atoms with E-state index in [1.807, 2.05) is 31.2 Å². The van der Waals surface area contributed by atoms with Crippen LogP contribution in [0.25, 0.3) is 0 Å². The van der Waals surface area contributed by atoms with Crippen LogP contribution < -0.4 is 0 Å². The second kappa shape index (κ2) is 3.59. The number of aromatic nitrogens is 3. The molecular formula is C10H11N3O. The minimum atomic E-state index is -0.725. The minimum Gasteiger partial charge on any atom is -0.380 e. The van der Waals surface area contributed by atoms with Gasteiger partial charge in [0.2, 0.25) is 0 Å². The van der Waals surface area contributed by atoms with E-state index in [4.69, 9.17) is 0 Å². The molecule has 1 unspecified atom stereocenters. The summed E-state index contributed by atoms with van der Waals surface area (Å²) < 4.78 is 0. The zero-order chi connectivity index (χ0) is 9.97. The van der Waals surface area contributed by atoms with Crippen LogP contribution in [0.3, 0.4) is 0 Å². The third-order valence-corrected chi connectivity index (χ3v) is 2.05. The Hall–Kier alpha value is -1.68. The average Bonchev–Trinajstić information content (AvgIpc) is 2.69. The van der Waals surface area contributed by atoms with E-state index >= 15 is 0 Å². The molecule has 0 saturated heterocycles. The number of nitrogens with zero attached hydrogens (tertiary/aromatic N) is 2. The van der Waals surface area contributed by atoms with E-state index < -0.39 is 6.10 Å². The Kier molecular flexibility index (Phi) is 2.28. The van der Waals surface area contributed by atoms with Crippen molar-refractivity contribution in [2.75, 3.05) is 0 Å². The Labute approximate surface area is 81.6 Å². The highest BCUT2D eigenvalue weighted by atomic mass is 16.3. The van der Waals surface area contributed by atoms with E-state index in [1.54, 1.807) is 0 Å². The van der Waals surface area contributed by atoms with Crippen molar-refractivity contribution in [1.82, 2.24) is 15.2 Å². The van der Waals surface area contributed by atoms with E-state index in [1.165, 1.54) is 6.33 Å². The van der Waals surface area contributed by atoms with Crippen LogP contribution in [0.15, 0.2) is 30.6 Å². The number of aliphatic hydroxyl groups is 1. The van der Waals surface area contributed by atoms with Gasteiger partial charge in [0.25, 0.3) is 0 Å². The van der Waals surface area contributed by atoms with Crippen molar-refractivity contribution in [3.05, 3.63) is 47.5 Å². The van der Waals surface area contributed by atoms with Crippen molar-refractivity contribution in [2.45, 2.75) is 13.0 Å². The van der Waals surface area contributed by atoms with Gasteiger partial charge in [0.05, 0.1) is 0 Å². The van der Waals surface area contributed by atoms with Gasteiger partial charge in [-0.15, -0.1) is 0 Å². The van der Waals surface area contributed by atoms with E-state index in [-0.39, 0.29) is 0 Å². The molecule has 0 spiro atoms. The average molecular weight is 189 g/mol. The molecule has 2 aromatic rings. The standard InChI is InChI=1S/C10H11N3O/c1-7-3-2-4-8(5-7)9(14)10-11-6-12-13-10/h2-6,9,14H,1H3,(H,11,12,13). The van der Waals surface area contributed by atoms with E-state index in [0.29, 0.717) is 5.82 Å². The zero-order valence-corrected chi connectivity index (χ0v) is 7.81. The maximum atomic E-state index is 9.87. The van der Waals surface area contributed by atoms with Gasteiger partial charge in [-0.3, -0.25) is 5.10 Å². The molecule has 14 heavy (non-hydrogen) atoms. The summed E-state index contributed by atoms with van der Waals surface area (Å²) in [5, 5.41) is 16.2. The molecule has 1 aromatic carbocycles. The second-order valence-corrected chi connectivity index (χ2v) is 3.19. The predicted octanol–water partition coefficient (Wildman–Crippen LogP) is 1.19. The Morgan fingerprint density at radius 2 is 2.29 bits per heavy atom. The Morgan fingerprint density at radius 3 is 2.93 bits per heavy atom. The molecule has 0 aliphatic carbocycles. The molecule has 4 nitrogen and oxygen atoms in total. The first-order valence-electron chi connectivity index (χ1n) is 4.37. The van der Waals surface area contributed by atoms with Gasteiger partial charge in [0.1, 0.15) is 12.4 Å². The molecule has 0 aliphatic heterocycles. The molecule has 1 aromatic heterocycles. The smallest absolute Gasteiger partial charge is 0.157 e. The minimum absolute atomic E-state index is 0.468. The summed E-state index contributed by atoms with van der Waals surface area (Å²) in [6.45, 7) is 1.98. The fourth-order valence-electron chi connectivity index (χ4n) is 1.34. The summed E-state index contributed by atoms with van der Waals surface area (Å²) >= 11 is 0. The summed E-state index contributed by atoms with van der Waals surface area (Å²) in [6, 6.07) is 7.67. The van der Waals surface area contributed by atoms with Crippen LogP contribution in [0.5, 0.6) is 0 Å². The number of aryl methyl sites for hydroxylation is 1. The Bertz CT molecular complexity index is 411. The molecular weight excluding hydrogens is 178 g/mol. The number of rotatable bonds is 2. The second-order valence-electron chi connectivity index (χ2n) is 3.19. The van der Waals surface area contributed by atoms with E-state index in [2.05, 4.69) is 15.2 Å². The first kappa shape index (κ1) is 8.90. The lowest BCUT2D eigenvalue weighted by atomic mass is 10.1. The van der Waals surface area contributed by atoms with Crippen molar-refractivity contribution in [2.24, 2.45) is 0 Å². The fourth-order valence-corrected chi connectivity index (χ4v) is 1.34. The van der Waals surface area contributed by atoms with Crippen molar-refractivity contribution < 1.29 is 5.11 Å². The predicted molar refractivity (Wildman–Crippen MR) is 51.6 cm³/mol. The van der Waals surface area contributed by atoms with Crippen molar-refractivity contribution >= 4 is 0 Å². The van der Waals surface area contributed by atoms with Crippen LogP contribution in [0.2, 0.25) is 0 Å². The quantitative estimate of drug-likeness (QED) is 0.746. The van der Waals surface area contributed by atoms with Crippen LogP contribution >= 0.6 is 0 Å². The molecule has 2 rings (SSSR count). The Morgan fingerprint density at radius 1 is 1.43 bits per heavy atom. The number of aliphatic hydroxyl groups excluding tert-OH is 1. The molecule has 2 N–H and O–H groups in total. The SMILES string of the molecule is Cc1cccc(C(O)c2ncn[nH]2)c1. The van der Waals surface area contributed by atoms with Gasteiger partial charge in [-0.2, -0.15) is 5.10 Å². The Balaban J connectivity index is 2.32. The van der Waals surface area contributed by atoms with Crippen LogP contribution in [0, 0.1) is 6.92 Å². The molecule has 4 heteroatoms. The lowest BCUT2D eigenvalue weighted by Gasteiger charge is -2.07. The first-order valence-corrected chi connectivity index (χ1v) is 4.37. The number of H-pyrrole nitrogens is 1. The normalized spacial score (nSPS) is 12.7. The fraction of sp³-hybridized carbons (Fsp3) is 0.200. The zero-order valence-electron chi connectivity index (χ0n) is 7.81. The van der Waals surface area contributed by atoms with Gasteiger partial charge in [-0.05, 0) is 12.5 Å². The summed E-state index contributed by atoms with van der Waals surface area (Å²) in [6.07, 6.45) is 0.659. The van der Waals surface area contributed by atoms with Crippen molar-refractivity contribution in [3.8, 4) is 0 Å². The summed E-state index contributed by atoms with van der Waals surface area (Å²) in [5.74, 6) is 0.468. The highest BCUT2D eigenvalue weighted by molar-refractivity contribution is 5.27. The van der Waals surface area contributed by atoms with Crippen LogP contribution in [0.4, 0.5) is 0 Å². The molecule has 0 amide bonds. The number of aromatic amines is 1. The highest BCUT2D eigenvalue weighted by Gasteiger charge is 2.12. The van der Waals surface area contributed by atoms with Gasteiger partial charge >= 0.3 is 0 Å². The number of hydrogen-bond acceptors (Lipinski definition) is 3. The maximum absolute atomic E-state index is 9.87. The summed E-state index contributed by atoms with van der Waals surface area (Å²) in [7, 11) is 0. The first-order chi connectivity index (χ1) is 6.77. The third-order valence-electron chi connectivity index (χ3n) is 2.05. The summed E-state index contributed by atoms with van der Waals surface area (Å²) in [4.78, 5) is 3.91. The topological polar surface area (TPSA) is 61.8 Å². The molecule has 0 radical (unpaired) electrons. The molecule has 0 bridgehead atoms.